The van der Waals surface area contributed by atoms with E-state index in [1.165, 1.54) is 10.4 Å². The monoisotopic (exact) mass is 313 g/mol. The molecule has 114 valence electrons. The number of fused-ring (bicyclic) bond motifs is 1. The van der Waals surface area contributed by atoms with Crippen LogP contribution in [0.2, 0.25) is 0 Å². The topological polar surface area (TPSA) is 47.0 Å². The Morgan fingerprint density at radius 2 is 2.05 bits per heavy atom. The zero-order valence-electron chi connectivity index (χ0n) is 12.7. The van der Waals surface area contributed by atoms with Crippen molar-refractivity contribution in [2.75, 3.05) is 18.5 Å². The van der Waals surface area contributed by atoms with Crippen LogP contribution < -0.4 is 5.32 Å². The summed E-state index contributed by atoms with van der Waals surface area (Å²) in [4.78, 5) is 11.0. The van der Waals surface area contributed by atoms with Crippen LogP contribution in [-0.2, 0) is 4.74 Å². The van der Waals surface area contributed by atoms with Gasteiger partial charge in [0.05, 0.1) is 11.5 Å². The van der Waals surface area contributed by atoms with Gasteiger partial charge in [0.2, 0.25) is 0 Å². The Balaban J connectivity index is 1.79. The molecule has 1 unspecified atom stereocenters. The highest BCUT2D eigenvalue weighted by Crippen LogP contribution is 2.28. The summed E-state index contributed by atoms with van der Waals surface area (Å²) in [5, 5.41) is 4.49. The maximum Gasteiger partial charge on any atom is 0.138 e. The van der Waals surface area contributed by atoms with Gasteiger partial charge in [-0.3, -0.25) is 0 Å². The maximum absolute atomic E-state index is 5.86. The number of thiophene rings is 1. The zero-order chi connectivity index (χ0) is 15.4. The summed E-state index contributed by atoms with van der Waals surface area (Å²) in [7, 11) is 0. The molecule has 3 rings (SSSR count). The van der Waals surface area contributed by atoms with Crippen LogP contribution in [0.1, 0.15) is 23.5 Å². The van der Waals surface area contributed by atoms with E-state index in [1.54, 1.807) is 17.7 Å². The molecule has 1 aromatic carbocycles. The molecule has 2 heterocycles. The van der Waals surface area contributed by atoms with Gasteiger partial charge in [-0.15, -0.1) is 11.3 Å². The van der Waals surface area contributed by atoms with Crippen molar-refractivity contribution in [2.45, 2.75) is 20.0 Å². The van der Waals surface area contributed by atoms with E-state index in [-0.39, 0.29) is 6.10 Å². The lowest BCUT2D eigenvalue weighted by atomic mass is 10.1. The molecule has 1 N–H and O–H groups in total. The fraction of sp³-hybridized carbons (Fsp3) is 0.294. The molecule has 0 aliphatic heterocycles. The lowest BCUT2D eigenvalue weighted by Gasteiger charge is -2.18. The summed E-state index contributed by atoms with van der Waals surface area (Å²) in [6.07, 6.45) is 1.62. The highest BCUT2D eigenvalue weighted by Gasteiger charge is 2.13. The molecular weight excluding hydrogens is 294 g/mol. The van der Waals surface area contributed by atoms with Crippen LogP contribution in [-0.4, -0.2) is 23.1 Å². The summed E-state index contributed by atoms with van der Waals surface area (Å²) in [5.74, 6) is 0.870. The fourth-order valence-electron chi connectivity index (χ4n) is 2.45. The standard InChI is InChI=1S/C17H19N3OS/c1-3-21-15(13-7-5-4-6-8-13)10-18-16-14-9-12(2)22-17(14)20-11-19-16/h4-9,11,15H,3,10H2,1-2H3,(H,18,19,20). The summed E-state index contributed by atoms with van der Waals surface area (Å²) in [6, 6.07) is 12.4. The molecule has 5 heteroatoms. The van der Waals surface area contributed by atoms with Gasteiger partial charge in [-0.1, -0.05) is 30.3 Å². The van der Waals surface area contributed by atoms with Crippen LogP contribution >= 0.6 is 11.3 Å². The van der Waals surface area contributed by atoms with Crippen LogP contribution in [0.3, 0.4) is 0 Å². The first kappa shape index (κ1) is 14.9. The lowest BCUT2D eigenvalue weighted by molar-refractivity contribution is 0.0718. The average molecular weight is 313 g/mol. The number of aryl methyl sites for hydroxylation is 1. The van der Waals surface area contributed by atoms with Crippen LogP contribution in [0, 0.1) is 6.92 Å². The van der Waals surface area contributed by atoms with Crippen molar-refractivity contribution < 1.29 is 4.74 Å². The van der Waals surface area contributed by atoms with Crippen molar-refractivity contribution in [3.63, 3.8) is 0 Å². The van der Waals surface area contributed by atoms with Crippen LogP contribution in [0.15, 0.2) is 42.7 Å². The van der Waals surface area contributed by atoms with Crippen molar-refractivity contribution in [1.29, 1.82) is 0 Å². The van der Waals surface area contributed by atoms with E-state index in [4.69, 9.17) is 4.74 Å². The number of benzene rings is 1. The number of hydrogen-bond donors (Lipinski definition) is 1. The van der Waals surface area contributed by atoms with Crippen LogP contribution in [0.4, 0.5) is 5.82 Å². The summed E-state index contributed by atoms with van der Waals surface area (Å²) in [5.41, 5.74) is 1.17. The normalized spacial score (nSPS) is 12.5. The third-order valence-electron chi connectivity index (χ3n) is 3.45. The molecule has 22 heavy (non-hydrogen) atoms. The number of ether oxygens (including phenoxy) is 1. The number of aromatic nitrogens is 2. The molecule has 0 bridgehead atoms. The van der Waals surface area contributed by atoms with Gasteiger partial charge in [-0.2, -0.15) is 0 Å². The molecule has 0 saturated carbocycles. The van der Waals surface area contributed by atoms with Crippen LogP contribution in [0.25, 0.3) is 10.2 Å². The Labute approximate surface area is 134 Å². The molecule has 0 radical (unpaired) electrons. The molecule has 0 spiro atoms. The molecule has 1 atom stereocenters. The Hall–Kier alpha value is -1.98. The smallest absolute Gasteiger partial charge is 0.138 e. The fourth-order valence-corrected chi connectivity index (χ4v) is 3.30. The largest absolute Gasteiger partial charge is 0.372 e. The average Bonchev–Trinajstić information content (AvgIpc) is 2.93. The van der Waals surface area contributed by atoms with E-state index in [1.807, 2.05) is 25.1 Å². The Bertz CT molecular complexity index is 742. The molecular formula is C17H19N3OS. The van der Waals surface area contributed by atoms with Gasteiger partial charge in [-0.05, 0) is 25.5 Å². The minimum Gasteiger partial charge on any atom is -0.372 e. The second kappa shape index (κ2) is 6.85. The first-order valence-electron chi connectivity index (χ1n) is 7.39. The Morgan fingerprint density at radius 1 is 1.23 bits per heavy atom. The van der Waals surface area contributed by atoms with E-state index >= 15 is 0 Å². The molecule has 0 fully saturated rings. The molecule has 3 aromatic rings. The van der Waals surface area contributed by atoms with E-state index in [2.05, 4.69) is 40.4 Å². The number of nitrogens with one attached hydrogen (secondary N) is 1. The Kier molecular flexibility index (Phi) is 4.65. The second-order valence-corrected chi connectivity index (χ2v) is 6.27. The highest BCUT2D eigenvalue weighted by molar-refractivity contribution is 7.18. The van der Waals surface area contributed by atoms with Gasteiger partial charge in [-0.25, -0.2) is 9.97 Å². The third-order valence-corrected chi connectivity index (χ3v) is 4.41. The quantitative estimate of drug-likeness (QED) is 0.741. The van der Waals surface area contributed by atoms with Crippen molar-refractivity contribution >= 4 is 27.4 Å². The van der Waals surface area contributed by atoms with Crippen molar-refractivity contribution in [2.24, 2.45) is 0 Å². The molecule has 0 saturated heterocycles. The van der Waals surface area contributed by atoms with Gasteiger partial charge in [0.1, 0.15) is 17.0 Å². The number of nitrogens with zero attached hydrogens (tertiary/aromatic N) is 2. The van der Waals surface area contributed by atoms with Crippen molar-refractivity contribution in [3.05, 3.63) is 53.2 Å². The van der Waals surface area contributed by atoms with Crippen molar-refractivity contribution in [3.8, 4) is 0 Å². The first-order valence-corrected chi connectivity index (χ1v) is 8.21. The van der Waals surface area contributed by atoms with Gasteiger partial charge in [0.15, 0.2) is 0 Å². The third kappa shape index (κ3) is 3.26. The second-order valence-electron chi connectivity index (χ2n) is 5.03. The van der Waals surface area contributed by atoms with Crippen molar-refractivity contribution in [1.82, 2.24) is 9.97 Å². The predicted molar refractivity (Wildman–Crippen MR) is 91.5 cm³/mol. The molecule has 4 nitrogen and oxygen atoms in total. The number of hydrogen-bond acceptors (Lipinski definition) is 5. The predicted octanol–water partition coefficient (Wildman–Crippen LogP) is 4.19. The van der Waals surface area contributed by atoms with Gasteiger partial charge in [0.25, 0.3) is 0 Å². The summed E-state index contributed by atoms with van der Waals surface area (Å²) < 4.78 is 5.86. The minimum atomic E-state index is 0.0101. The molecule has 0 aliphatic carbocycles. The number of rotatable bonds is 6. The zero-order valence-corrected chi connectivity index (χ0v) is 13.6. The lowest BCUT2D eigenvalue weighted by Crippen LogP contribution is -2.16. The minimum absolute atomic E-state index is 0.0101. The first-order chi connectivity index (χ1) is 10.8. The van der Waals surface area contributed by atoms with E-state index < -0.39 is 0 Å². The summed E-state index contributed by atoms with van der Waals surface area (Å²) >= 11 is 1.68. The Morgan fingerprint density at radius 3 is 2.82 bits per heavy atom. The molecule has 0 aliphatic rings. The SMILES string of the molecule is CCOC(CNc1ncnc2sc(C)cc12)c1ccccc1. The van der Waals surface area contributed by atoms with Gasteiger partial charge < -0.3 is 10.1 Å². The maximum atomic E-state index is 5.86. The van der Waals surface area contributed by atoms with Crippen LogP contribution in [0.5, 0.6) is 0 Å². The number of anilines is 1. The highest BCUT2D eigenvalue weighted by atomic mass is 32.1. The summed E-state index contributed by atoms with van der Waals surface area (Å²) in [6.45, 7) is 5.46. The van der Waals surface area contributed by atoms with E-state index in [0.717, 1.165) is 16.0 Å². The molecule has 2 aromatic heterocycles. The van der Waals surface area contributed by atoms with E-state index in [0.29, 0.717) is 13.2 Å². The molecule has 0 amide bonds. The van der Waals surface area contributed by atoms with E-state index in [9.17, 15) is 0 Å². The van der Waals surface area contributed by atoms with Gasteiger partial charge in [0, 0.05) is 18.0 Å². The van der Waals surface area contributed by atoms with Gasteiger partial charge >= 0.3 is 0 Å².